The molecule has 0 fully saturated rings. The van der Waals surface area contributed by atoms with Gasteiger partial charge in [-0.3, -0.25) is 9.69 Å². The molecule has 3 aromatic rings. The maximum atomic E-state index is 13.5. The standard InChI is InChI=1S/C22H19IN2O4/c1-28-15-5-3-4-14(11-15)25-21(18-12-16(29-2)7-9-20(18)26)24-19-8-6-13(23)10-17(19)22(25)27/h3-12,21,24,26H,1-2H3/t21-/m1/s1. The number of benzene rings is 3. The van der Waals surface area contributed by atoms with E-state index in [1.807, 2.05) is 36.4 Å². The lowest BCUT2D eigenvalue weighted by Crippen LogP contribution is -2.43. The maximum Gasteiger partial charge on any atom is 0.262 e. The molecular formula is C22H19IN2O4. The number of anilines is 2. The van der Waals surface area contributed by atoms with Crippen molar-refractivity contribution in [2.45, 2.75) is 6.17 Å². The van der Waals surface area contributed by atoms with Crippen LogP contribution in [-0.4, -0.2) is 25.2 Å². The Kier molecular flexibility index (Phi) is 5.23. The highest BCUT2D eigenvalue weighted by atomic mass is 127. The minimum absolute atomic E-state index is 0.0676. The number of nitrogens with zero attached hydrogens (tertiary/aromatic N) is 1. The summed E-state index contributed by atoms with van der Waals surface area (Å²) in [6, 6.07) is 17.9. The van der Waals surface area contributed by atoms with Gasteiger partial charge in [0.2, 0.25) is 0 Å². The zero-order chi connectivity index (χ0) is 20.5. The number of phenols is 1. The summed E-state index contributed by atoms with van der Waals surface area (Å²) in [5.41, 5.74) is 2.46. The third kappa shape index (κ3) is 3.57. The van der Waals surface area contributed by atoms with Gasteiger partial charge in [-0.15, -0.1) is 0 Å². The Labute approximate surface area is 182 Å². The Bertz CT molecular complexity index is 1090. The van der Waals surface area contributed by atoms with Crippen molar-refractivity contribution in [1.82, 2.24) is 0 Å². The van der Waals surface area contributed by atoms with Gasteiger partial charge in [0, 0.05) is 20.9 Å². The summed E-state index contributed by atoms with van der Waals surface area (Å²) in [5.74, 6) is 1.12. The van der Waals surface area contributed by atoms with Crippen LogP contribution in [0.3, 0.4) is 0 Å². The van der Waals surface area contributed by atoms with Crippen LogP contribution in [0.2, 0.25) is 0 Å². The topological polar surface area (TPSA) is 71.0 Å². The lowest BCUT2D eigenvalue weighted by molar-refractivity contribution is 0.0974. The molecule has 0 aromatic heterocycles. The second-order valence-corrected chi connectivity index (χ2v) is 7.78. The molecule has 148 valence electrons. The van der Waals surface area contributed by atoms with Gasteiger partial charge >= 0.3 is 0 Å². The first-order valence-electron chi connectivity index (χ1n) is 8.92. The maximum absolute atomic E-state index is 13.5. The number of rotatable bonds is 4. The Morgan fingerprint density at radius 2 is 1.76 bits per heavy atom. The van der Waals surface area contributed by atoms with Gasteiger partial charge in [-0.1, -0.05) is 6.07 Å². The minimum Gasteiger partial charge on any atom is -0.508 e. The molecule has 0 radical (unpaired) electrons. The molecule has 6 nitrogen and oxygen atoms in total. The van der Waals surface area contributed by atoms with Gasteiger partial charge in [-0.05, 0) is 71.1 Å². The van der Waals surface area contributed by atoms with Crippen LogP contribution in [0.25, 0.3) is 0 Å². The molecule has 0 aliphatic carbocycles. The molecule has 7 heteroatoms. The number of fused-ring (bicyclic) bond motifs is 1. The van der Waals surface area contributed by atoms with E-state index in [4.69, 9.17) is 9.47 Å². The molecule has 0 saturated heterocycles. The van der Waals surface area contributed by atoms with E-state index < -0.39 is 6.17 Å². The van der Waals surface area contributed by atoms with Crippen molar-refractivity contribution in [1.29, 1.82) is 0 Å². The Morgan fingerprint density at radius 1 is 1.00 bits per heavy atom. The van der Waals surface area contributed by atoms with Gasteiger partial charge in [0.25, 0.3) is 5.91 Å². The molecule has 2 N–H and O–H groups in total. The molecule has 1 aliphatic rings. The zero-order valence-electron chi connectivity index (χ0n) is 15.8. The number of amides is 1. The van der Waals surface area contributed by atoms with Gasteiger partial charge in [-0.25, -0.2) is 0 Å². The fourth-order valence-electron chi connectivity index (χ4n) is 3.40. The van der Waals surface area contributed by atoms with Crippen molar-refractivity contribution < 1.29 is 19.4 Å². The highest BCUT2D eigenvalue weighted by Crippen LogP contribution is 2.41. The van der Waals surface area contributed by atoms with Gasteiger partial charge in [0.05, 0.1) is 25.5 Å². The molecule has 3 aromatic carbocycles. The number of hydrogen-bond donors (Lipinski definition) is 2. The zero-order valence-corrected chi connectivity index (χ0v) is 18.0. The number of carbonyl (C=O) groups is 1. The van der Waals surface area contributed by atoms with Crippen LogP contribution in [0.1, 0.15) is 22.1 Å². The van der Waals surface area contributed by atoms with Gasteiger partial charge in [-0.2, -0.15) is 0 Å². The minimum atomic E-state index is -0.628. The summed E-state index contributed by atoms with van der Waals surface area (Å²) in [7, 11) is 3.14. The molecule has 4 rings (SSSR count). The third-order valence-electron chi connectivity index (χ3n) is 4.84. The van der Waals surface area contributed by atoms with Crippen molar-refractivity contribution in [3.8, 4) is 17.2 Å². The van der Waals surface area contributed by atoms with Crippen molar-refractivity contribution in [2.24, 2.45) is 0 Å². The number of ether oxygens (including phenoxy) is 2. The number of methoxy groups -OCH3 is 2. The van der Waals surface area contributed by atoms with Crippen LogP contribution >= 0.6 is 22.6 Å². The Morgan fingerprint density at radius 3 is 2.52 bits per heavy atom. The number of aromatic hydroxyl groups is 1. The Balaban J connectivity index is 1.91. The van der Waals surface area contributed by atoms with Crippen molar-refractivity contribution in [3.05, 3.63) is 75.4 Å². The lowest BCUT2D eigenvalue weighted by atomic mass is 10.0. The van der Waals surface area contributed by atoms with Gasteiger partial charge in [0.15, 0.2) is 0 Å². The first-order chi connectivity index (χ1) is 14.0. The Hall–Kier alpha value is -2.94. The highest BCUT2D eigenvalue weighted by Gasteiger charge is 2.36. The molecule has 1 atom stereocenters. The molecule has 0 spiro atoms. The van der Waals surface area contributed by atoms with E-state index in [9.17, 15) is 9.90 Å². The molecule has 1 aliphatic heterocycles. The molecule has 1 amide bonds. The van der Waals surface area contributed by atoms with E-state index in [1.165, 1.54) is 0 Å². The first-order valence-corrected chi connectivity index (χ1v) is 10.0. The van der Waals surface area contributed by atoms with E-state index in [-0.39, 0.29) is 11.7 Å². The molecule has 1 heterocycles. The number of halogens is 1. The molecular weight excluding hydrogens is 483 g/mol. The average Bonchev–Trinajstić information content (AvgIpc) is 2.74. The van der Waals surface area contributed by atoms with E-state index in [2.05, 4.69) is 27.9 Å². The number of phenolic OH excluding ortho intramolecular Hbond substituents is 1. The molecule has 0 saturated carbocycles. The summed E-state index contributed by atoms with van der Waals surface area (Å²) in [6.07, 6.45) is -0.628. The third-order valence-corrected chi connectivity index (χ3v) is 5.51. The van der Waals surface area contributed by atoms with Crippen LogP contribution in [0.15, 0.2) is 60.7 Å². The summed E-state index contributed by atoms with van der Waals surface area (Å²) in [6.45, 7) is 0. The first kappa shape index (κ1) is 19.4. The molecule has 0 bridgehead atoms. The second-order valence-electron chi connectivity index (χ2n) is 6.54. The van der Waals surface area contributed by atoms with Gasteiger partial charge < -0.3 is 19.9 Å². The van der Waals surface area contributed by atoms with Crippen molar-refractivity contribution in [3.63, 3.8) is 0 Å². The number of nitrogens with one attached hydrogen (secondary N) is 1. The van der Waals surface area contributed by atoms with E-state index in [1.54, 1.807) is 43.4 Å². The largest absolute Gasteiger partial charge is 0.508 e. The summed E-state index contributed by atoms with van der Waals surface area (Å²) >= 11 is 2.19. The van der Waals surface area contributed by atoms with Crippen LogP contribution in [0, 0.1) is 3.57 Å². The second kappa shape index (κ2) is 7.82. The molecule has 0 unspecified atom stereocenters. The predicted octanol–water partition coefficient (Wildman–Crippen LogP) is 4.79. The van der Waals surface area contributed by atoms with Crippen molar-refractivity contribution in [2.75, 3.05) is 24.4 Å². The lowest BCUT2D eigenvalue weighted by Gasteiger charge is -2.38. The van der Waals surface area contributed by atoms with Crippen LogP contribution < -0.4 is 19.7 Å². The van der Waals surface area contributed by atoms with Crippen LogP contribution in [0.4, 0.5) is 11.4 Å². The smallest absolute Gasteiger partial charge is 0.262 e. The normalized spacial score (nSPS) is 15.5. The SMILES string of the molecule is COc1cccc(N2C(=O)c3cc(I)ccc3N[C@H]2c2cc(OC)ccc2O)c1. The fraction of sp³-hybridized carbons (Fsp3) is 0.136. The van der Waals surface area contributed by atoms with Crippen LogP contribution in [0.5, 0.6) is 17.2 Å². The summed E-state index contributed by atoms with van der Waals surface area (Å²) < 4.78 is 11.6. The number of hydrogen-bond acceptors (Lipinski definition) is 5. The predicted molar refractivity (Wildman–Crippen MR) is 120 cm³/mol. The molecule has 29 heavy (non-hydrogen) atoms. The fourth-order valence-corrected chi connectivity index (χ4v) is 3.89. The van der Waals surface area contributed by atoms with E-state index >= 15 is 0 Å². The quantitative estimate of drug-likeness (QED) is 0.503. The summed E-state index contributed by atoms with van der Waals surface area (Å²) in [5, 5.41) is 14.0. The van der Waals surface area contributed by atoms with Crippen molar-refractivity contribution >= 4 is 39.9 Å². The average molecular weight is 502 g/mol. The summed E-state index contributed by atoms with van der Waals surface area (Å²) in [4.78, 5) is 15.2. The van der Waals surface area contributed by atoms with E-state index in [0.29, 0.717) is 34.0 Å². The monoisotopic (exact) mass is 502 g/mol. The number of carbonyl (C=O) groups excluding carboxylic acids is 1. The van der Waals surface area contributed by atoms with Crippen LogP contribution in [-0.2, 0) is 0 Å². The highest BCUT2D eigenvalue weighted by molar-refractivity contribution is 14.1. The van der Waals surface area contributed by atoms with E-state index in [0.717, 1.165) is 3.57 Å². The van der Waals surface area contributed by atoms with Gasteiger partial charge in [0.1, 0.15) is 23.4 Å².